The highest BCUT2D eigenvalue weighted by molar-refractivity contribution is 9.10. The molecule has 0 saturated heterocycles. The van der Waals surface area contributed by atoms with Crippen LogP contribution in [0.1, 0.15) is 21.5 Å². The molecule has 24 heavy (non-hydrogen) atoms. The van der Waals surface area contributed by atoms with Gasteiger partial charge in [0.25, 0.3) is 11.8 Å². The molecule has 0 fully saturated rings. The van der Waals surface area contributed by atoms with E-state index in [4.69, 9.17) is 5.11 Å². The van der Waals surface area contributed by atoms with Crippen molar-refractivity contribution in [2.45, 2.75) is 0 Å². The third-order valence-corrected chi connectivity index (χ3v) is 4.11. The molecule has 1 heterocycles. The number of imide groups is 1. The van der Waals surface area contributed by atoms with E-state index in [1.165, 1.54) is 0 Å². The summed E-state index contributed by atoms with van der Waals surface area (Å²) in [5.41, 5.74) is 1.89. The Labute approximate surface area is 146 Å². The van der Waals surface area contributed by atoms with E-state index in [-0.39, 0.29) is 0 Å². The van der Waals surface area contributed by atoms with Gasteiger partial charge in [-0.3, -0.25) is 19.3 Å². The molecule has 0 aliphatic carbocycles. The van der Waals surface area contributed by atoms with E-state index >= 15 is 0 Å². The Morgan fingerprint density at radius 2 is 1.75 bits per heavy atom. The van der Waals surface area contributed by atoms with E-state index in [0.717, 1.165) is 14.9 Å². The molecule has 0 radical (unpaired) electrons. The van der Waals surface area contributed by atoms with Crippen molar-refractivity contribution in [3.8, 4) is 0 Å². The van der Waals surface area contributed by atoms with Gasteiger partial charge in [0.2, 0.25) is 0 Å². The number of carbonyl (C=O) groups excluding carboxylic acids is 2. The molecular formula is C18H12BrNO4. The Morgan fingerprint density at radius 1 is 1.04 bits per heavy atom. The first-order valence-corrected chi connectivity index (χ1v) is 7.91. The smallest absolute Gasteiger partial charge is 0.323 e. The maximum atomic E-state index is 12.7. The number of benzene rings is 2. The molecule has 1 N–H and O–H groups in total. The predicted molar refractivity (Wildman–Crippen MR) is 92.1 cm³/mol. The minimum atomic E-state index is -1.24. The van der Waals surface area contributed by atoms with Crippen LogP contribution in [0.25, 0.3) is 11.6 Å². The standard InChI is InChI=1S/C18H12BrNO4/c19-12-5-3-4-11(8-12)9-15-13-6-1-2-7-14(13)17(23)20(18(15)24)10-16(21)22/h1-9H,10H2,(H,21,22)/b15-9-. The quantitative estimate of drug-likeness (QED) is 0.650. The third-order valence-electron chi connectivity index (χ3n) is 3.62. The van der Waals surface area contributed by atoms with Gasteiger partial charge in [0.05, 0.1) is 0 Å². The van der Waals surface area contributed by atoms with Gasteiger partial charge in [0.15, 0.2) is 0 Å². The Kier molecular flexibility index (Phi) is 4.31. The number of amides is 2. The van der Waals surface area contributed by atoms with Crippen LogP contribution in [0.15, 0.2) is 53.0 Å². The van der Waals surface area contributed by atoms with Crippen molar-refractivity contribution in [1.82, 2.24) is 4.90 Å². The zero-order chi connectivity index (χ0) is 17.3. The van der Waals surface area contributed by atoms with Crippen LogP contribution in [0.3, 0.4) is 0 Å². The van der Waals surface area contributed by atoms with Gasteiger partial charge in [0.1, 0.15) is 6.54 Å². The summed E-state index contributed by atoms with van der Waals surface area (Å²) in [5.74, 6) is -2.44. The average Bonchev–Trinajstić information content (AvgIpc) is 2.55. The highest BCUT2D eigenvalue weighted by atomic mass is 79.9. The Morgan fingerprint density at radius 3 is 2.42 bits per heavy atom. The summed E-state index contributed by atoms with van der Waals surface area (Å²) in [4.78, 5) is 36.9. The molecule has 0 spiro atoms. The molecule has 120 valence electrons. The maximum Gasteiger partial charge on any atom is 0.323 e. The number of rotatable bonds is 3. The van der Waals surface area contributed by atoms with Crippen LogP contribution in [-0.4, -0.2) is 34.3 Å². The molecule has 2 amide bonds. The molecule has 1 aliphatic heterocycles. The first-order chi connectivity index (χ1) is 11.5. The minimum absolute atomic E-state index is 0.296. The van der Waals surface area contributed by atoms with Crippen molar-refractivity contribution in [3.63, 3.8) is 0 Å². The van der Waals surface area contributed by atoms with E-state index in [0.29, 0.717) is 16.7 Å². The molecule has 0 unspecified atom stereocenters. The number of carbonyl (C=O) groups is 3. The van der Waals surface area contributed by atoms with Crippen molar-refractivity contribution >= 4 is 45.4 Å². The first kappa shape index (κ1) is 16.1. The van der Waals surface area contributed by atoms with Crippen molar-refractivity contribution in [2.75, 3.05) is 6.54 Å². The van der Waals surface area contributed by atoms with Gasteiger partial charge in [-0.05, 0) is 35.4 Å². The highest BCUT2D eigenvalue weighted by Crippen LogP contribution is 2.30. The fourth-order valence-electron chi connectivity index (χ4n) is 2.58. The Balaban J connectivity index is 2.16. The van der Waals surface area contributed by atoms with Crippen LogP contribution in [0, 0.1) is 0 Å². The lowest BCUT2D eigenvalue weighted by Crippen LogP contribution is -2.44. The van der Waals surface area contributed by atoms with Crippen LogP contribution >= 0.6 is 15.9 Å². The van der Waals surface area contributed by atoms with Gasteiger partial charge in [-0.2, -0.15) is 0 Å². The molecule has 5 nitrogen and oxygen atoms in total. The number of carboxylic acids is 1. The number of nitrogens with zero attached hydrogens (tertiary/aromatic N) is 1. The fourth-order valence-corrected chi connectivity index (χ4v) is 3.00. The second kappa shape index (κ2) is 6.41. The zero-order valence-electron chi connectivity index (χ0n) is 12.4. The molecule has 1 aliphatic rings. The molecule has 0 bridgehead atoms. The molecule has 0 atom stereocenters. The number of fused-ring (bicyclic) bond motifs is 1. The second-order valence-corrected chi connectivity index (χ2v) is 6.16. The van der Waals surface area contributed by atoms with E-state index in [2.05, 4.69) is 15.9 Å². The average molecular weight is 386 g/mol. The van der Waals surface area contributed by atoms with E-state index in [1.54, 1.807) is 30.3 Å². The molecule has 2 aromatic carbocycles. The lowest BCUT2D eigenvalue weighted by molar-refractivity contribution is -0.141. The largest absolute Gasteiger partial charge is 0.480 e. The van der Waals surface area contributed by atoms with Crippen LogP contribution in [0.5, 0.6) is 0 Å². The summed E-state index contributed by atoms with van der Waals surface area (Å²) in [6.07, 6.45) is 1.66. The van der Waals surface area contributed by atoms with E-state index in [9.17, 15) is 14.4 Å². The monoisotopic (exact) mass is 385 g/mol. The van der Waals surface area contributed by atoms with Gasteiger partial charge in [-0.15, -0.1) is 0 Å². The van der Waals surface area contributed by atoms with Crippen LogP contribution in [0.4, 0.5) is 0 Å². The number of aliphatic carboxylic acids is 1. The summed E-state index contributed by atoms with van der Waals surface area (Å²) in [6.45, 7) is -0.665. The number of halogens is 1. The highest BCUT2D eigenvalue weighted by Gasteiger charge is 2.35. The molecule has 2 aromatic rings. The maximum absolute atomic E-state index is 12.7. The third kappa shape index (κ3) is 3.00. The first-order valence-electron chi connectivity index (χ1n) is 7.12. The van der Waals surface area contributed by atoms with Crippen LogP contribution < -0.4 is 0 Å². The van der Waals surface area contributed by atoms with Crippen LogP contribution in [-0.2, 0) is 9.59 Å². The molecule has 6 heteroatoms. The molecule has 0 aromatic heterocycles. The number of carboxylic acid groups (broad SMARTS) is 1. The SMILES string of the molecule is O=C(O)CN1C(=O)/C(=C\c2cccc(Br)c2)c2ccccc2C1=O. The van der Waals surface area contributed by atoms with Gasteiger partial charge in [0, 0.05) is 15.6 Å². The Hall–Kier alpha value is -2.73. The van der Waals surface area contributed by atoms with Crippen LogP contribution in [0.2, 0.25) is 0 Å². The summed E-state index contributed by atoms with van der Waals surface area (Å²) in [6, 6.07) is 14.0. The minimum Gasteiger partial charge on any atom is -0.480 e. The van der Waals surface area contributed by atoms with E-state index < -0.39 is 24.3 Å². The second-order valence-electron chi connectivity index (χ2n) is 5.25. The van der Waals surface area contributed by atoms with Gasteiger partial charge < -0.3 is 5.11 Å². The van der Waals surface area contributed by atoms with Crippen molar-refractivity contribution < 1.29 is 19.5 Å². The predicted octanol–water partition coefficient (Wildman–Crippen LogP) is 3.06. The Bertz CT molecular complexity index is 888. The fraction of sp³-hybridized carbons (Fsp3) is 0.0556. The molecular weight excluding hydrogens is 374 g/mol. The molecule has 0 saturated carbocycles. The lowest BCUT2D eigenvalue weighted by atomic mass is 9.92. The summed E-state index contributed by atoms with van der Waals surface area (Å²) < 4.78 is 0.854. The van der Waals surface area contributed by atoms with Crippen molar-refractivity contribution in [2.24, 2.45) is 0 Å². The molecule has 3 rings (SSSR count). The van der Waals surface area contributed by atoms with Crippen molar-refractivity contribution in [1.29, 1.82) is 0 Å². The van der Waals surface area contributed by atoms with Gasteiger partial charge in [-0.25, -0.2) is 0 Å². The van der Waals surface area contributed by atoms with E-state index in [1.807, 2.05) is 24.3 Å². The van der Waals surface area contributed by atoms with Crippen molar-refractivity contribution in [3.05, 3.63) is 69.7 Å². The zero-order valence-corrected chi connectivity index (χ0v) is 14.0. The van der Waals surface area contributed by atoms with Gasteiger partial charge in [-0.1, -0.05) is 46.3 Å². The normalized spacial score (nSPS) is 15.5. The van der Waals surface area contributed by atoms with Gasteiger partial charge >= 0.3 is 5.97 Å². The summed E-state index contributed by atoms with van der Waals surface area (Å²) in [5, 5.41) is 8.99. The number of hydrogen-bond donors (Lipinski definition) is 1. The summed E-state index contributed by atoms with van der Waals surface area (Å²) >= 11 is 3.37. The number of hydrogen-bond acceptors (Lipinski definition) is 3. The summed E-state index contributed by atoms with van der Waals surface area (Å²) in [7, 11) is 0. The lowest BCUT2D eigenvalue weighted by Gasteiger charge is -2.27. The topological polar surface area (TPSA) is 74.7 Å².